The zero-order valence-corrected chi connectivity index (χ0v) is 12.2. The van der Waals surface area contributed by atoms with Gasteiger partial charge in [0.2, 0.25) is 0 Å². The van der Waals surface area contributed by atoms with Gasteiger partial charge in [0.1, 0.15) is 11.5 Å². The predicted molar refractivity (Wildman–Crippen MR) is 76.7 cm³/mol. The molecule has 1 amide bonds. The molecule has 112 valence electrons. The standard InChI is InChI=1S/C15H18FN3O2/c1-9-13(20)12(19-18-9)14(21)17-8-15(2,3)10-5-4-6-11(16)7-10/h4-7,20H,8H2,1-3H3,(H,17,21)(H,18,19). The van der Waals surface area contributed by atoms with Crippen molar-refractivity contribution in [2.75, 3.05) is 6.54 Å². The van der Waals surface area contributed by atoms with Crippen LogP contribution in [-0.2, 0) is 5.41 Å². The van der Waals surface area contributed by atoms with Gasteiger partial charge in [0.05, 0.1) is 0 Å². The first-order valence-electron chi connectivity index (χ1n) is 6.59. The zero-order chi connectivity index (χ0) is 15.6. The van der Waals surface area contributed by atoms with Crippen LogP contribution in [0.25, 0.3) is 0 Å². The summed E-state index contributed by atoms with van der Waals surface area (Å²) in [4.78, 5) is 12.0. The molecule has 5 nitrogen and oxygen atoms in total. The largest absolute Gasteiger partial charge is 0.504 e. The highest BCUT2D eigenvalue weighted by atomic mass is 19.1. The molecule has 6 heteroatoms. The van der Waals surface area contributed by atoms with Crippen molar-refractivity contribution in [3.63, 3.8) is 0 Å². The van der Waals surface area contributed by atoms with E-state index in [1.54, 1.807) is 13.0 Å². The molecule has 0 bridgehead atoms. The number of H-pyrrole nitrogens is 1. The third-order valence-corrected chi connectivity index (χ3v) is 3.44. The van der Waals surface area contributed by atoms with Gasteiger partial charge in [0.25, 0.3) is 5.91 Å². The van der Waals surface area contributed by atoms with E-state index in [1.807, 2.05) is 19.9 Å². The second kappa shape index (κ2) is 5.55. The number of aryl methyl sites for hydroxylation is 1. The highest BCUT2D eigenvalue weighted by molar-refractivity contribution is 5.95. The molecule has 21 heavy (non-hydrogen) atoms. The third-order valence-electron chi connectivity index (χ3n) is 3.44. The van der Waals surface area contributed by atoms with Crippen LogP contribution >= 0.6 is 0 Å². The van der Waals surface area contributed by atoms with Crippen LogP contribution in [0.3, 0.4) is 0 Å². The molecule has 0 atom stereocenters. The van der Waals surface area contributed by atoms with Crippen molar-refractivity contribution in [1.29, 1.82) is 0 Å². The van der Waals surface area contributed by atoms with Crippen molar-refractivity contribution in [3.05, 3.63) is 47.0 Å². The average molecular weight is 291 g/mol. The number of amides is 1. The molecule has 0 radical (unpaired) electrons. The number of halogens is 1. The monoisotopic (exact) mass is 291 g/mol. The van der Waals surface area contributed by atoms with Crippen molar-refractivity contribution < 1.29 is 14.3 Å². The second-order valence-electron chi connectivity index (χ2n) is 5.61. The van der Waals surface area contributed by atoms with Gasteiger partial charge in [-0.15, -0.1) is 0 Å². The lowest BCUT2D eigenvalue weighted by atomic mass is 9.84. The summed E-state index contributed by atoms with van der Waals surface area (Å²) in [5, 5.41) is 18.7. The summed E-state index contributed by atoms with van der Waals surface area (Å²) >= 11 is 0. The van der Waals surface area contributed by atoms with Gasteiger partial charge >= 0.3 is 0 Å². The topological polar surface area (TPSA) is 78.0 Å². The fourth-order valence-corrected chi connectivity index (χ4v) is 1.99. The Morgan fingerprint density at radius 2 is 2.19 bits per heavy atom. The molecule has 0 fully saturated rings. The highest BCUT2D eigenvalue weighted by Crippen LogP contribution is 2.23. The minimum atomic E-state index is -0.447. The van der Waals surface area contributed by atoms with Crippen LogP contribution in [0.1, 0.15) is 35.6 Å². The lowest BCUT2D eigenvalue weighted by molar-refractivity contribution is 0.0938. The molecule has 0 aliphatic heterocycles. The number of carbonyl (C=O) groups is 1. The van der Waals surface area contributed by atoms with Crippen molar-refractivity contribution in [2.24, 2.45) is 0 Å². The molecule has 0 saturated carbocycles. The number of nitrogens with one attached hydrogen (secondary N) is 2. The van der Waals surface area contributed by atoms with Crippen LogP contribution in [0.5, 0.6) is 5.75 Å². The number of hydrogen-bond donors (Lipinski definition) is 3. The van der Waals surface area contributed by atoms with Gasteiger partial charge in [0, 0.05) is 12.0 Å². The molecule has 0 spiro atoms. The molecule has 1 heterocycles. The fourth-order valence-electron chi connectivity index (χ4n) is 1.99. The summed E-state index contributed by atoms with van der Waals surface area (Å²) in [5.74, 6) is -0.914. The maximum absolute atomic E-state index is 13.3. The average Bonchev–Trinajstić information content (AvgIpc) is 2.77. The van der Waals surface area contributed by atoms with E-state index >= 15 is 0 Å². The van der Waals surface area contributed by atoms with E-state index in [9.17, 15) is 14.3 Å². The van der Waals surface area contributed by atoms with Gasteiger partial charge in [-0.05, 0) is 24.6 Å². The van der Waals surface area contributed by atoms with E-state index in [1.165, 1.54) is 12.1 Å². The van der Waals surface area contributed by atoms with E-state index in [2.05, 4.69) is 15.5 Å². The molecule has 0 unspecified atom stereocenters. The first-order valence-corrected chi connectivity index (χ1v) is 6.59. The Bertz CT molecular complexity index is 665. The van der Waals surface area contributed by atoms with Crippen molar-refractivity contribution >= 4 is 5.91 Å². The van der Waals surface area contributed by atoms with Crippen LogP contribution in [0, 0.1) is 12.7 Å². The highest BCUT2D eigenvalue weighted by Gasteiger charge is 2.24. The zero-order valence-electron chi connectivity index (χ0n) is 12.2. The molecule has 0 saturated heterocycles. The number of hydrogen-bond acceptors (Lipinski definition) is 3. The van der Waals surface area contributed by atoms with Crippen molar-refractivity contribution in [2.45, 2.75) is 26.2 Å². The number of benzene rings is 1. The Kier molecular flexibility index (Phi) is 3.97. The minimum Gasteiger partial charge on any atom is -0.504 e. The minimum absolute atomic E-state index is 0.0301. The van der Waals surface area contributed by atoms with Gasteiger partial charge in [0.15, 0.2) is 11.4 Å². The summed E-state index contributed by atoms with van der Waals surface area (Å²) in [6, 6.07) is 6.28. The molecular formula is C15H18FN3O2. The number of aromatic nitrogens is 2. The summed E-state index contributed by atoms with van der Waals surface area (Å²) in [6.07, 6.45) is 0. The maximum atomic E-state index is 13.3. The summed E-state index contributed by atoms with van der Waals surface area (Å²) < 4.78 is 13.3. The van der Waals surface area contributed by atoms with Gasteiger partial charge < -0.3 is 10.4 Å². The molecular weight excluding hydrogens is 273 g/mol. The van der Waals surface area contributed by atoms with Gasteiger partial charge in [-0.1, -0.05) is 26.0 Å². The molecule has 1 aromatic carbocycles. The van der Waals surface area contributed by atoms with Crippen molar-refractivity contribution in [3.8, 4) is 5.75 Å². The number of aromatic amines is 1. The van der Waals surface area contributed by atoms with Crippen LogP contribution in [0.2, 0.25) is 0 Å². The first-order chi connectivity index (χ1) is 9.81. The van der Waals surface area contributed by atoms with Crippen LogP contribution < -0.4 is 5.32 Å². The lowest BCUT2D eigenvalue weighted by Crippen LogP contribution is -2.36. The summed E-state index contributed by atoms with van der Waals surface area (Å²) in [7, 11) is 0. The van der Waals surface area contributed by atoms with Gasteiger partial charge in [-0.2, -0.15) is 5.10 Å². The number of carbonyl (C=O) groups excluding carboxylic acids is 1. The van der Waals surface area contributed by atoms with Crippen LogP contribution in [0.4, 0.5) is 4.39 Å². The lowest BCUT2D eigenvalue weighted by Gasteiger charge is -2.25. The quantitative estimate of drug-likeness (QED) is 0.808. The number of rotatable bonds is 4. The number of aromatic hydroxyl groups is 1. The number of nitrogens with zero attached hydrogens (tertiary/aromatic N) is 1. The molecule has 1 aromatic heterocycles. The summed E-state index contributed by atoms with van der Waals surface area (Å²) in [5.41, 5.74) is 0.738. The molecule has 3 N–H and O–H groups in total. The van der Waals surface area contributed by atoms with E-state index in [4.69, 9.17) is 0 Å². The van der Waals surface area contributed by atoms with Crippen LogP contribution in [-0.4, -0.2) is 27.8 Å². The first kappa shape index (κ1) is 15.0. The maximum Gasteiger partial charge on any atom is 0.273 e. The summed E-state index contributed by atoms with van der Waals surface area (Å²) in [6.45, 7) is 5.70. The Morgan fingerprint density at radius 1 is 1.48 bits per heavy atom. The Hall–Kier alpha value is -2.37. The van der Waals surface area contributed by atoms with Crippen molar-refractivity contribution in [1.82, 2.24) is 15.5 Å². The smallest absolute Gasteiger partial charge is 0.273 e. The molecule has 0 aliphatic carbocycles. The van der Waals surface area contributed by atoms with Gasteiger partial charge in [-0.3, -0.25) is 9.89 Å². The normalized spacial score (nSPS) is 11.4. The Balaban J connectivity index is 2.08. The molecule has 0 aliphatic rings. The van der Waals surface area contributed by atoms with E-state index in [-0.39, 0.29) is 17.3 Å². The Labute approximate surface area is 122 Å². The van der Waals surface area contributed by atoms with E-state index < -0.39 is 11.3 Å². The predicted octanol–water partition coefficient (Wildman–Crippen LogP) is 2.27. The van der Waals surface area contributed by atoms with E-state index in [0.717, 1.165) is 5.56 Å². The van der Waals surface area contributed by atoms with E-state index in [0.29, 0.717) is 12.2 Å². The fraction of sp³-hybridized carbons (Fsp3) is 0.333. The SMILES string of the molecule is Cc1n[nH]c(C(=O)NCC(C)(C)c2cccc(F)c2)c1O. The molecule has 2 rings (SSSR count). The third kappa shape index (κ3) is 3.21. The van der Waals surface area contributed by atoms with Gasteiger partial charge in [-0.25, -0.2) is 4.39 Å². The van der Waals surface area contributed by atoms with Crippen LogP contribution in [0.15, 0.2) is 24.3 Å². The Morgan fingerprint density at radius 3 is 2.76 bits per heavy atom. The molecule has 2 aromatic rings. The second-order valence-corrected chi connectivity index (χ2v) is 5.61.